The molecule has 0 radical (unpaired) electrons. The average Bonchev–Trinajstić information content (AvgIpc) is 2.91. The van der Waals surface area contributed by atoms with Crippen molar-refractivity contribution in [1.29, 1.82) is 0 Å². The molecular formula is C18H23N3O3S. The summed E-state index contributed by atoms with van der Waals surface area (Å²) in [6, 6.07) is 7.58. The Bertz CT molecular complexity index is 738. The number of para-hydroxylation sites is 1. The lowest BCUT2D eigenvalue weighted by molar-refractivity contribution is -0.133. The van der Waals surface area contributed by atoms with Gasteiger partial charge >= 0.3 is 0 Å². The average molecular weight is 361 g/mol. The summed E-state index contributed by atoms with van der Waals surface area (Å²) in [5.41, 5.74) is 2.52. The van der Waals surface area contributed by atoms with Crippen LogP contribution in [0.3, 0.4) is 0 Å². The predicted octanol–water partition coefficient (Wildman–Crippen LogP) is 3.04. The van der Waals surface area contributed by atoms with Gasteiger partial charge in [0.25, 0.3) is 0 Å². The van der Waals surface area contributed by atoms with Gasteiger partial charge in [-0.1, -0.05) is 17.3 Å². The number of anilines is 1. The normalized spacial score (nSPS) is 10.6. The zero-order valence-corrected chi connectivity index (χ0v) is 15.8. The van der Waals surface area contributed by atoms with Gasteiger partial charge in [0, 0.05) is 23.9 Å². The summed E-state index contributed by atoms with van der Waals surface area (Å²) < 4.78 is 5.10. The summed E-state index contributed by atoms with van der Waals surface area (Å²) in [5, 5.41) is 6.74. The molecule has 1 aromatic heterocycles. The Morgan fingerprint density at radius 1 is 1.28 bits per heavy atom. The molecule has 0 saturated carbocycles. The fraction of sp³-hybridized carbons (Fsp3) is 0.389. The lowest BCUT2D eigenvalue weighted by Gasteiger charge is -2.17. The van der Waals surface area contributed by atoms with Gasteiger partial charge in [-0.05, 0) is 38.7 Å². The molecule has 7 heteroatoms. The molecule has 1 aromatic carbocycles. The molecule has 0 aliphatic carbocycles. The predicted molar refractivity (Wildman–Crippen MR) is 98.8 cm³/mol. The topological polar surface area (TPSA) is 75.4 Å². The van der Waals surface area contributed by atoms with E-state index in [1.54, 1.807) is 18.8 Å². The number of carbonyl (C=O) groups is 2. The van der Waals surface area contributed by atoms with E-state index < -0.39 is 0 Å². The molecule has 6 nitrogen and oxygen atoms in total. The second-order valence-electron chi connectivity index (χ2n) is 5.80. The molecule has 0 aliphatic heterocycles. The maximum atomic E-state index is 12.3. The Morgan fingerprint density at radius 3 is 2.64 bits per heavy atom. The standard InChI is InChI=1S/C18H23N3O3S/c1-12-14(13(2)24-20-12)9-10-18(23)21(3)11-17(22)19-15-7-5-6-8-16(15)25-4/h5-8H,9-11H2,1-4H3,(H,19,22). The first-order valence-corrected chi connectivity index (χ1v) is 9.23. The highest BCUT2D eigenvalue weighted by Gasteiger charge is 2.16. The third kappa shape index (κ3) is 5.09. The minimum atomic E-state index is -0.213. The maximum absolute atomic E-state index is 12.3. The van der Waals surface area contributed by atoms with Gasteiger partial charge < -0.3 is 14.7 Å². The summed E-state index contributed by atoms with van der Waals surface area (Å²) >= 11 is 1.56. The fourth-order valence-corrected chi connectivity index (χ4v) is 3.08. The number of amides is 2. The molecule has 25 heavy (non-hydrogen) atoms. The highest BCUT2D eigenvalue weighted by molar-refractivity contribution is 7.98. The van der Waals surface area contributed by atoms with Gasteiger partial charge in [0.05, 0.1) is 17.9 Å². The smallest absolute Gasteiger partial charge is 0.244 e. The molecule has 1 heterocycles. The van der Waals surface area contributed by atoms with Crippen LogP contribution in [-0.2, 0) is 16.0 Å². The van der Waals surface area contributed by atoms with E-state index in [-0.39, 0.29) is 18.4 Å². The maximum Gasteiger partial charge on any atom is 0.244 e. The number of aryl methyl sites for hydroxylation is 2. The van der Waals surface area contributed by atoms with E-state index in [1.807, 2.05) is 44.4 Å². The van der Waals surface area contributed by atoms with Crippen LogP contribution in [0.15, 0.2) is 33.7 Å². The number of likely N-dealkylation sites (N-methyl/N-ethyl adjacent to an activating group) is 1. The van der Waals surface area contributed by atoms with Crippen molar-refractivity contribution in [3.63, 3.8) is 0 Å². The van der Waals surface area contributed by atoms with Crippen LogP contribution in [0, 0.1) is 13.8 Å². The van der Waals surface area contributed by atoms with Crippen molar-refractivity contribution in [3.05, 3.63) is 41.3 Å². The molecule has 0 fully saturated rings. The van der Waals surface area contributed by atoms with Gasteiger partial charge in [-0.25, -0.2) is 0 Å². The van der Waals surface area contributed by atoms with Crippen LogP contribution < -0.4 is 5.32 Å². The molecule has 134 valence electrons. The molecule has 2 amide bonds. The Balaban J connectivity index is 1.87. The number of nitrogens with zero attached hydrogens (tertiary/aromatic N) is 2. The van der Waals surface area contributed by atoms with Gasteiger partial charge in [-0.3, -0.25) is 9.59 Å². The molecule has 0 spiro atoms. The minimum Gasteiger partial charge on any atom is -0.361 e. The first kappa shape index (κ1) is 19.1. The van der Waals surface area contributed by atoms with Gasteiger partial charge in [0.15, 0.2) is 0 Å². The van der Waals surface area contributed by atoms with E-state index in [4.69, 9.17) is 4.52 Å². The molecular weight excluding hydrogens is 338 g/mol. The summed E-state index contributed by atoms with van der Waals surface area (Å²) in [5.74, 6) is 0.433. The van der Waals surface area contributed by atoms with E-state index >= 15 is 0 Å². The third-order valence-electron chi connectivity index (χ3n) is 3.96. The number of carbonyl (C=O) groups excluding carboxylic acids is 2. The van der Waals surface area contributed by atoms with Crippen LogP contribution in [0.25, 0.3) is 0 Å². The van der Waals surface area contributed by atoms with E-state index in [0.717, 1.165) is 27.6 Å². The van der Waals surface area contributed by atoms with E-state index in [0.29, 0.717) is 12.8 Å². The Morgan fingerprint density at radius 2 is 2.00 bits per heavy atom. The number of aromatic nitrogens is 1. The summed E-state index contributed by atoms with van der Waals surface area (Å²) in [7, 11) is 1.63. The van der Waals surface area contributed by atoms with Crippen LogP contribution in [0.2, 0.25) is 0 Å². The van der Waals surface area contributed by atoms with Crippen LogP contribution in [0.5, 0.6) is 0 Å². The zero-order valence-electron chi connectivity index (χ0n) is 15.0. The summed E-state index contributed by atoms with van der Waals surface area (Å²) in [4.78, 5) is 26.9. The lowest BCUT2D eigenvalue weighted by atomic mass is 10.1. The molecule has 0 aliphatic rings. The second kappa shape index (κ2) is 8.71. The largest absolute Gasteiger partial charge is 0.361 e. The number of benzene rings is 1. The number of thioether (sulfide) groups is 1. The Labute approximate surface area is 151 Å². The number of rotatable bonds is 7. The van der Waals surface area contributed by atoms with Crippen molar-refractivity contribution in [2.45, 2.75) is 31.6 Å². The quantitative estimate of drug-likeness (QED) is 0.767. The lowest BCUT2D eigenvalue weighted by Crippen LogP contribution is -2.35. The number of nitrogens with one attached hydrogen (secondary N) is 1. The van der Waals surface area contributed by atoms with Crippen molar-refractivity contribution in [1.82, 2.24) is 10.1 Å². The SMILES string of the molecule is CSc1ccccc1NC(=O)CN(C)C(=O)CCc1c(C)noc1C. The first-order chi connectivity index (χ1) is 11.9. The van der Waals surface area contributed by atoms with E-state index in [1.165, 1.54) is 4.90 Å². The minimum absolute atomic E-state index is 0.0170. The molecule has 2 rings (SSSR count). The molecule has 0 unspecified atom stereocenters. The van der Waals surface area contributed by atoms with E-state index in [2.05, 4.69) is 10.5 Å². The summed E-state index contributed by atoms with van der Waals surface area (Å²) in [6.07, 6.45) is 2.82. The van der Waals surface area contributed by atoms with Crippen molar-refractivity contribution >= 4 is 29.3 Å². The van der Waals surface area contributed by atoms with Crippen molar-refractivity contribution in [3.8, 4) is 0 Å². The molecule has 0 saturated heterocycles. The van der Waals surface area contributed by atoms with Gasteiger partial charge in [0.1, 0.15) is 5.76 Å². The number of hydrogen-bond donors (Lipinski definition) is 1. The summed E-state index contributed by atoms with van der Waals surface area (Å²) in [6.45, 7) is 3.71. The van der Waals surface area contributed by atoms with Crippen molar-refractivity contribution < 1.29 is 14.1 Å². The van der Waals surface area contributed by atoms with Gasteiger partial charge in [-0.2, -0.15) is 0 Å². The highest BCUT2D eigenvalue weighted by Crippen LogP contribution is 2.24. The van der Waals surface area contributed by atoms with Crippen LogP contribution in [0.1, 0.15) is 23.4 Å². The van der Waals surface area contributed by atoms with Gasteiger partial charge in [-0.15, -0.1) is 11.8 Å². The fourth-order valence-electron chi connectivity index (χ4n) is 2.52. The number of hydrogen-bond acceptors (Lipinski definition) is 5. The van der Waals surface area contributed by atoms with Crippen molar-refractivity contribution in [2.75, 3.05) is 25.2 Å². The Kier molecular flexibility index (Phi) is 6.64. The second-order valence-corrected chi connectivity index (χ2v) is 6.65. The van der Waals surface area contributed by atoms with Crippen LogP contribution in [-0.4, -0.2) is 41.7 Å². The van der Waals surface area contributed by atoms with E-state index in [9.17, 15) is 9.59 Å². The van der Waals surface area contributed by atoms with Gasteiger partial charge in [0.2, 0.25) is 11.8 Å². The first-order valence-electron chi connectivity index (χ1n) is 8.01. The molecule has 0 bridgehead atoms. The van der Waals surface area contributed by atoms with Crippen LogP contribution >= 0.6 is 11.8 Å². The molecule has 2 aromatic rings. The molecule has 0 atom stereocenters. The highest BCUT2D eigenvalue weighted by atomic mass is 32.2. The molecule has 1 N–H and O–H groups in total. The Hall–Kier alpha value is -2.28. The van der Waals surface area contributed by atoms with Crippen molar-refractivity contribution in [2.24, 2.45) is 0 Å². The monoisotopic (exact) mass is 361 g/mol. The van der Waals surface area contributed by atoms with Crippen LogP contribution in [0.4, 0.5) is 5.69 Å². The zero-order chi connectivity index (χ0) is 18.4. The third-order valence-corrected chi connectivity index (χ3v) is 4.75.